The number of carbonyl (C=O) groups is 1. The van der Waals surface area contributed by atoms with Gasteiger partial charge in [0.15, 0.2) is 5.16 Å². The van der Waals surface area contributed by atoms with Crippen molar-refractivity contribution < 1.29 is 4.79 Å². The molecule has 0 radical (unpaired) electrons. The smallest absolute Gasteiger partial charge is 0.262 e. The number of thioether (sulfide) groups is 1. The molecular formula is C19H25N5O2S. The molecule has 1 atom stereocenters. The number of hydrogen-bond acceptors (Lipinski definition) is 5. The number of rotatable bonds is 7. The summed E-state index contributed by atoms with van der Waals surface area (Å²) in [4.78, 5) is 25.0. The Morgan fingerprint density at radius 3 is 2.67 bits per heavy atom. The van der Waals surface area contributed by atoms with E-state index in [1.807, 2.05) is 42.5 Å². The lowest BCUT2D eigenvalue weighted by Crippen LogP contribution is -2.33. The van der Waals surface area contributed by atoms with Crippen LogP contribution >= 0.6 is 11.8 Å². The SMILES string of the molecule is CCC(C)NC(=O)CSc1nnc2n(CC(C)C)c(=O)c3ccccc3n12. The van der Waals surface area contributed by atoms with Crippen LogP contribution in [-0.2, 0) is 11.3 Å². The summed E-state index contributed by atoms with van der Waals surface area (Å²) >= 11 is 1.33. The van der Waals surface area contributed by atoms with Crippen LogP contribution in [0, 0.1) is 5.92 Å². The van der Waals surface area contributed by atoms with E-state index >= 15 is 0 Å². The third-order valence-electron chi connectivity index (χ3n) is 4.38. The Balaban J connectivity index is 2.04. The first-order chi connectivity index (χ1) is 12.9. The Labute approximate surface area is 162 Å². The van der Waals surface area contributed by atoms with Crippen molar-refractivity contribution in [3.05, 3.63) is 34.6 Å². The number of hydrogen-bond donors (Lipinski definition) is 1. The van der Waals surface area contributed by atoms with Crippen LogP contribution in [0.25, 0.3) is 16.7 Å². The van der Waals surface area contributed by atoms with Gasteiger partial charge in [-0.1, -0.05) is 44.7 Å². The van der Waals surface area contributed by atoms with Crippen molar-refractivity contribution in [1.82, 2.24) is 24.5 Å². The average molecular weight is 388 g/mol. The topological polar surface area (TPSA) is 81.3 Å². The molecule has 0 aliphatic heterocycles. The van der Waals surface area contributed by atoms with Crippen LogP contribution in [0.4, 0.5) is 0 Å². The van der Waals surface area contributed by atoms with Gasteiger partial charge in [0.2, 0.25) is 11.7 Å². The molecule has 0 fully saturated rings. The van der Waals surface area contributed by atoms with E-state index in [9.17, 15) is 9.59 Å². The van der Waals surface area contributed by atoms with Crippen molar-refractivity contribution in [2.45, 2.75) is 51.9 Å². The summed E-state index contributed by atoms with van der Waals surface area (Å²) in [5.41, 5.74) is 0.692. The van der Waals surface area contributed by atoms with Gasteiger partial charge in [-0.25, -0.2) is 0 Å². The highest BCUT2D eigenvalue weighted by Gasteiger charge is 2.18. The number of benzene rings is 1. The van der Waals surface area contributed by atoms with Gasteiger partial charge in [0.25, 0.3) is 5.56 Å². The number of para-hydroxylation sites is 1. The van der Waals surface area contributed by atoms with Crippen LogP contribution in [0.1, 0.15) is 34.1 Å². The molecule has 2 heterocycles. The van der Waals surface area contributed by atoms with Crippen LogP contribution in [0.5, 0.6) is 0 Å². The highest BCUT2D eigenvalue weighted by atomic mass is 32.2. The van der Waals surface area contributed by atoms with E-state index in [0.717, 1.165) is 11.9 Å². The molecule has 144 valence electrons. The maximum Gasteiger partial charge on any atom is 0.262 e. The molecule has 0 aliphatic carbocycles. The van der Waals surface area contributed by atoms with Crippen LogP contribution < -0.4 is 10.9 Å². The Bertz CT molecular complexity index is 1020. The molecule has 1 N–H and O–H groups in total. The highest BCUT2D eigenvalue weighted by Crippen LogP contribution is 2.21. The second-order valence-electron chi connectivity index (χ2n) is 7.11. The maximum atomic E-state index is 12.9. The molecule has 7 nitrogen and oxygen atoms in total. The summed E-state index contributed by atoms with van der Waals surface area (Å²) in [5, 5.41) is 12.7. The quantitative estimate of drug-likeness (QED) is 0.631. The van der Waals surface area contributed by atoms with E-state index in [1.54, 1.807) is 4.57 Å². The summed E-state index contributed by atoms with van der Waals surface area (Å²) in [6, 6.07) is 7.59. The Morgan fingerprint density at radius 2 is 1.96 bits per heavy atom. The first-order valence-corrected chi connectivity index (χ1v) is 10.2. The molecule has 0 spiro atoms. The van der Waals surface area contributed by atoms with Crippen molar-refractivity contribution in [3.8, 4) is 0 Å². The van der Waals surface area contributed by atoms with Gasteiger partial charge in [0, 0.05) is 12.6 Å². The van der Waals surface area contributed by atoms with Crippen molar-refractivity contribution in [2.24, 2.45) is 5.92 Å². The Morgan fingerprint density at radius 1 is 1.22 bits per heavy atom. The first-order valence-electron chi connectivity index (χ1n) is 9.21. The number of amides is 1. The van der Waals surface area contributed by atoms with Gasteiger partial charge < -0.3 is 5.32 Å². The van der Waals surface area contributed by atoms with Crippen LogP contribution in [0.15, 0.2) is 34.2 Å². The molecule has 27 heavy (non-hydrogen) atoms. The molecule has 1 unspecified atom stereocenters. The average Bonchev–Trinajstić information content (AvgIpc) is 3.07. The predicted molar refractivity (Wildman–Crippen MR) is 108 cm³/mol. The Kier molecular flexibility index (Phi) is 5.84. The largest absolute Gasteiger partial charge is 0.353 e. The zero-order valence-corrected chi connectivity index (χ0v) is 16.9. The van der Waals surface area contributed by atoms with Gasteiger partial charge in [-0.05, 0) is 31.4 Å². The van der Waals surface area contributed by atoms with Gasteiger partial charge in [0.1, 0.15) is 0 Å². The zero-order valence-electron chi connectivity index (χ0n) is 16.1. The maximum absolute atomic E-state index is 12.9. The van der Waals surface area contributed by atoms with Gasteiger partial charge in [-0.15, -0.1) is 10.2 Å². The van der Waals surface area contributed by atoms with Gasteiger partial charge in [0.05, 0.1) is 16.7 Å². The van der Waals surface area contributed by atoms with Gasteiger partial charge >= 0.3 is 0 Å². The summed E-state index contributed by atoms with van der Waals surface area (Å²) < 4.78 is 3.55. The monoisotopic (exact) mass is 387 g/mol. The lowest BCUT2D eigenvalue weighted by Gasteiger charge is -2.13. The Hall–Kier alpha value is -2.35. The van der Waals surface area contributed by atoms with E-state index in [0.29, 0.717) is 28.8 Å². The van der Waals surface area contributed by atoms with Crippen LogP contribution in [0.2, 0.25) is 0 Å². The number of nitrogens with zero attached hydrogens (tertiary/aromatic N) is 4. The van der Waals surface area contributed by atoms with E-state index < -0.39 is 0 Å². The number of fused-ring (bicyclic) bond motifs is 3. The third kappa shape index (κ3) is 4.00. The highest BCUT2D eigenvalue weighted by molar-refractivity contribution is 7.99. The summed E-state index contributed by atoms with van der Waals surface area (Å²) in [7, 11) is 0. The minimum Gasteiger partial charge on any atom is -0.353 e. The molecule has 1 aromatic carbocycles. The van der Waals surface area contributed by atoms with E-state index in [4.69, 9.17) is 0 Å². The predicted octanol–water partition coefficient (Wildman–Crippen LogP) is 2.71. The minimum absolute atomic E-state index is 0.0362. The number of carbonyl (C=O) groups excluding carboxylic acids is 1. The van der Waals surface area contributed by atoms with Crippen LogP contribution in [-0.4, -0.2) is 36.9 Å². The van der Waals surface area contributed by atoms with Gasteiger partial charge in [-0.3, -0.25) is 18.6 Å². The molecule has 0 bridgehead atoms. The third-order valence-corrected chi connectivity index (χ3v) is 5.31. The van der Waals surface area contributed by atoms with E-state index in [1.165, 1.54) is 11.8 Å². The normalized spacial score (nSPS) is 12.8. The van der Waals surface area contributed by atoms with Crippen molar-refractivity contribution in [2.75, 3.05) is 5.75 Å². The summed E-state index contributed by atoms with van der Waals surface area (Å²) in [6.07, 6.45) is 0.885. The fourth-order valence-electron chi connectivity index (χ4n) is 2.91. The molecule has 0 saturated carbocycles. The van der Waals surface area contributed by atoms with Crippen molar-refractivity contribution >= 4 is 34.3 Å². The summed E-state index contributed by atoms with van der Waals surface area (Å²) in [5.74, 6) is 1.02. The number of aromatic nitrogens is 4. The molecule has 3 rings (SSSR count). The van der Waals surface area contributed by atoms with Crippen LogP contribution in [0.3, 0.4) is 0 Å². The number of nitrogens with one attached hydrogen (secondary N) is 1. The second kappa shape index (κ2) is 8.12. The first kappa shape index (κ1) is 19.4. The second-order valence-corrected chi connectivity index (χ2v) is 8.05. The van der Waals surface area contributed by atoms with Crippen molar-refractivity contribution in [1.29, 1.82) is 0 Å². The molecule has 0 aliphatic rings. The lowest BCUT2D eigenvalue weighted by molar-refractivity contribution is -0.119. The van der Waals surface area contributed by atoms with Gasteiger partial charge in [-0.2, -0.15) is 0 Å². The fraction of sp³-hybridized carbons (Fsp3) is 0.474. The fourth-order valence-corrected chi connectivity index (χ4v) is 3.66. The van der Waals surface area contributed by atoms with E-state index in [2.05, 4.69) is 29.4 Å². The molecule has 1 amide bonds. The van der Waals surface area contributed by atoms with E-state index in [-0.39, 0.29) is 23.3 Å². The molecule has 0 saturated heterocycles. The molecular weight excluding hydrogens is 362 g/mol. The summed E-state index contributed by atoms with van der Waals surface area (Å²) in [6.45, 7) is 8.69. The minimum atomic E-state index is -0.0646. The molecule has 8 heteroatoms. The zero-order chi connectivity index (χ0) is 19.6. The lowest BCUT2D eigenvalue weighted by atomic mass is 10.2. The molecule has 3 aromatic rings. The molecule has 2 aromatic heterocycles. The standard InChI is InChI=1S/C19H25N5O2S/c1-5-13(4)20-16(25)11-27-19-22-21-18-23(10-12(2)3)17(26)14-8-6-7-9-15(14)24(18)19/h6-9,12-13H,5,10-11H2,1-4H3,(H,20,25). The van der Waals surface area contributed by atoms with Crippen molar-refractivity contribution in [3.63, 3.8) is 0 Å².